The molecule has 0 amide bonds. The number of nitrogens with one attached hydrogen (secondary N) is 2. The Kier molecular flexibility index (Phi) is 6.31. The average molecular weight is 352 g/mol. The van der Waals surface area contributed by atoms with Crippen LogP contribution < -0.4 is 20.1 Å². The third kappa shape index (κ3) is 4.79. The van der Waals surface area contributed by atoms with E-state index in [9.17, 15) is 8.78 Å². The molecule has 24 heavy (non-hydrogen) atoms. The number of alkyl halides is 2. The van der Waals surface area contributed by atoms with E-state index in [1.807, 2.05) is 6.92 Å². The van der Waals surface area contributed by atoms with Crippen molar-refractivity contribution in [1.82, 2.24) is 5.32 Å². The van der Waals surface area contributed by atoms with Crippen LogP contribution in [0.3, 0.4) is 0 Å². The van der Waals surface area contributed by atoms with E-state index in [0.717, 1.165) is 5.56 Å². The van der Waals surface area contributed by atoms with Crippen LogP contribution in [-0.4, -0.2) is 25.4 Å². The number of rotatable bonds is 6. The van der Waals surface area contributed by atoms with Gasteiger partial charge in [0.2, 0.25) is 0 Å². The number of ether oxygens (including phenoxy) is 2. The Hall–Kier alpha value is -2.41. The first-order valence-corrected chi connectivity index (χ1v) is 7.72. The van der Waals surface area contributed by atoms with Gasteiger partial charge in [-0.25, -0.2) is 0 Å². The highest BCUT2D eigenvalue weighted by molar-refractivity contribution is 7.80. The molecule has 4 nitrogen and oxygen atoms in total. The summed E-state index contributed by atoms with van der Waals surface area (Å²) in [5, 5.41) is 6.44. The summed E-state index contributed by atoms with van der Waals surface area (Å²) in [6.07, 6.45) is 0. The van der Waals surface area contributed by atoms with Gasteiger partial charge in [0.1, 0.15) is 11.5 Å². The molecule has 128 valence electrons. The lowest BCUT2D eigenvalue weighted by molar-refractivity contribution is -0.0494. The zero-order valence-electron chi connectivity index (χ0n) is 13.3. The maximum absolute atomic E-state index is 12.7. The summed E-state index contributed by atoms with van der Waals surface area (Å²) in [6, 6.07) is 11.9. The molecule has 0 bridgehead atoms. The number of thiocarbonyl (C=S) groups is 1. The maximum Gasteiger partial charge on any atom is 0.387 e. The number of hydrogen-bond acceptors (Lipinski definition) is 3. The van der Waals surface area contributed by atoms with Gasteiger partial charge in [0.15, 0.2) is 5.11 Å². The molecule has 0 heterocycles. The Bertz CT molecular complexity index is 693. The summed E-state index contributed by atoms with van der Waals surface area (Å²) < 4.78 is 35.1. The van der Waals surface area contributed by atoms with E-state index in [2.05, 4.69) is 15.4 Å². The molecule has 7 heteroatoms. The van der Waals surface area contributed by atoms with Crippen molar-refractivity contribution in [2.24, 2.45) is 0 Å². The maximum atomic E-state index is 12.7. The van der Waals surface area contributed by atoms with Crippen LogP contribution in [0, 0.1) is 0 Å². The molecule has 2 aromatic carbocycles. The highest BCUT2D eigenvalue weighted by atomic mass is 32.1. The fourth-order valence-electron chi connectivity index (χ4n) is 2.14. The quantitative estimate of drug-likeness (QED) is 0.760. The Morgan fingerprint density at radius 1 is 1.17 bits per heavy atom. The molecule has 2 N–H and O–H groups in total. The smallest absolute Gasteiger partial charge is 0.387 e. The van der Waals surface area contributed by atoms with E-state index >= 15 is 0 Å². The lowest BCUT2D eigenvalue weighted by Crippen LogP contribution is -2.27. The molecule has 0 saturated heterocycles. The Morgan fingerprint density at radius 3 is 2.46 bits per heavy atom. The molecule has 0 fully saturated rings. The van der Waals surface area contributed by atoms with Gasteiger partial charge in [0.05, 0.1) is 7.11 Å². The first-order chi connectivity index (χ1) is 11.5. The molecule has 0 saturated carbocycles. The highest BCUT2D eigenvalue weighted by Crippen LogP contribution is 2.34. The standard InChI is InChI=1S/C17H18F2N2O2S/c1-3-20-17(24)21-12-6-9-15(23-16(18)19)14(10-12)11-4-7-13(22-2)8-5-11/h4-10,16H,3H2,1-2H3,(H2,20,21,24). The van der Waals surface area contributed by atoms with Crippen LogP contribution in [0.2, 0.25) is 0 Å². The molecule has 0 aliphatic heterocycles. The monoisotopic (exact) mass is 352 g/mol. The summed E-state index contributed by atoms with van der Waals surface area (Å²) in [4.78, 5) is 0. The second-order valence-electron chi connectivity index (χ2n) is 4.80. The van der Waals surface area contributed by atoms with E-state index < -0.39 is 6.61 Å². The Labute approximate surface area is 144 Å². The fraction of sp³-hybridized carbons (Fsp3) is 0.235. The minimum absolute atomic E-state index is 0.0927. The van der Waals surface area contributed by atoms with Crippen molar-refractivity contribution >= 4 is 23.0 Å². The molecular formula is C17H18F2N2O2S. The summed E-state index contributed by atoms with van der Waals surface area (Å²) in [5.74, 6) is 0.771. The van der Waals surface area contributed by atoms with Crippen LogP contribution in [0.15, 0.2) is 42.5 Å². The molecular weight excluding hydrogens is 334 g/mol. The summed E-state index contributed by atoms with van der Waals surface area (Å²) in [6.45, 7) is -0.288. The van der Waals surface area contributed by atoms with Crippen molar-refractivity contribution in [2.75, 3.05) is 19.0 Å². The zero-order valence-corrected chi connectivity index (χ0v) is 14.1. The van der Waals surface area contributed by atoms with Crippen molar-refractivity contribution in [3.8, 4) is 22.6 Å². The van der Waals surface area contributed by atoms with Gasteiger partial charge in [-0.3, -0.25) is 0 Å². The highest BCUT2D eigenvalue weighted by Gasteiger charge is 2.13. The van der Waals surface area contributed by atoms with E-state index in [4.69, 9.17) is 17.0 Å². The van der Waals surface area contributed by atoms with Crippen molar-refractivity contribution in [3.05, 3.63) is 42.5 Å². The molecule has 0 aliphatic carbocycles. The minimum Gasteiger partial charge on any atom is -0.497 e. The van der Waals surface area contributed by atoms with E-state index in [-0.39, 0.29) is 5.75 Å². The summed E-state index contributed by atoms with van der Waals surface area (Å²) in [5.41, 5.74) is 1.93. The number of methoxy groups -OCH3 is 1. The molecule has 0 radical (unpaired) electrons. The van der Waals surface area contributed by atoms with Gasteiger partial charge in [-0.15, -0.1) is 0 Å². The number of anilines is 1. The van der Waals surface area contributed by atoms with Gasteiger partial charge in [-0.05, 0) is 55.0 Å². The van der Waals surface area contributed by atoms with Crippen LogP contribution >= 0.6 is 12.2 Å². The topological polar surface area (TPSA) is 42.5 Å². The van der Waals surface area contributed by atoms with Crippen molar-refractivity contribution in [2.45, 2.75) is 13.5 Å². The van der Waals surface area contributed by atoms with Crippen molar-refractivity contribution in [1.29, 1.82) is 0 Å². The normalized spacial score (nSPS) is 10.4. The van der Waals surface area contributed by atoms with E-state index in [1.165, 1.54) is 6.07 Å². The molecule has 0 aliphatic rings. The number of halogens is 2. The molecule has 2 rings (SSSR count). The Balaban J connectivity index is 2.37. The lowest BCUT2D eigenvalue weighted by Gasteiger charge is -2.15. The number of hydrogen-bond donors (Lipinski definition) is 2. The van der Waals surface area contributed by atoms with Gasteiger partial charge < -0.3 is 20.1 Å². The third-order valence-corrected chi connectivity index (χ3v) is 3.44. The van der Waals surface area contributed by atoms with E-state index in [0.29, 0.717) is 28.7 Å². The first-order valence-electron chi connectivity index (χ1n) is 7.31. The zero-order chi connectivity index (χ0) is 17.5. The lowest BCUT2D eigenvalue weighted by atomic mass is 10.0. The molecule has 2 aromatic rings. The van der Waals surface area contributed by atoms with Gasteiger partial charge in [0, 0.05) is 17.8 Å². The van der Waals surface area contributed by atoms with Crippen LogP contribution in [0.4, 0.5) is 14.5 Å². The predicted octanol–water partition coefficient (Wildman–Crippen LogP) is 4.27. The van der Waals surface area contributed by atoms with E-state index in [1.54, 1.807) is 43.5 Å². The van der Waals surface area contributed by atoms with Crippen LogP contribution in [0.5, 0.6) is 11.5 Å². The van der Waals surface area contributed by atoms with Gasteiger partial charge >= 0.3 is 6.61 Å². The average Bonchev–Trinajstić information content (AvgIpc) is 2.56. The molecule has 0 unspecified atom stereocenters. The Morgan fingerprint density at radius 2 is 1.88 bits per heavy atom. The van der Waals surface area contributed by atoms with Crippen LogP contribution in [0.25, 0.3) is 11.1 Å². The summed E-state index contributed by atoms with van der Waals surface area (Å²) >= 11 is 5.14. The predicted molar refractivity (Wildman–Crippen MR) is 95.0 cm³/mol. The van der Waals surface area contributed by atoms with Crippen molar-refractivity contribution in [3.63, 3.8) is 0 Å². The van der Waals surface area contributed by atoms with Gasteiger partial charge in [0.25, 0.3) is 0 Å². The van der Waals surface area contributed by atoms with Crippen LogP contribution in [0.1, 0.15) is 6.92 Å². The second kappa shape index (κ2) is 8.44. The van der Waals surface area contributed by atoms with Gasteiger partial charge in [-0.1, -0.05) is 12.1 Å². The largest absolute Gasteiger partial charge is 0.497 e. The second-order valence-corrected chi connectivity index (χ2v) is 5.21. The molecule has 0 spiro atoms. The first kappa shape index (κ1) is 17.9. The molecule has 0 atom stereocenters. The molecule has 0 aromatic heterocycles. The SMILES string of the molecule is CCNC(=S)Nc1ccc(OC(F)F)c(-c2ccc(OC)cc2)c1. The van der Waals surface area contributed by atoms with Crippen molar-refractivity contribution < 1.29 is 18.3 Å². The number of benzene rings is 2. The summed E-state index contributed by atoms with van der Waals surface area (Å²) in [7, 11) is 1.56. The van der Waals surface area contributed by atoms with Gasteiger partial charge in [-0.2, -0.15) is 8.78 Å². The van der Waals surface area contributed by atoms with Crippen LogP contribution in [-0.2, 0) is 0 Å². The fourth-order valence-corrected chi connectivity index (χ4v) is 2.40. The minimum atomic E-state index is -2.90. The third-order valence-electron chi connectivity index (χ3n) is 3.19.